The SMILES string of the molecule is CCOc1cc(O[C@H]2CCc3c(-c4cccc(OCCCN5CCC5(C)C)c4C)cccc32)c(Cl)cc1CNCCCS(=O)(=O)O. The van der Waals surface area contributed by atoms with E-state index in [9.17, 15) is 8.42 Å². The Morgan fingerprint density at radius 2 is 1.83 bits per heavy atom. The molecule has 1 heterocycles. The second-order valence-electron chi connectivity index (χ2n) is 12.8. The normalized spacial score (nSPS) is 17.4. The second-order valence-corrected chi connectivity index (χ2v) is 14.8. The summed E-state index contributed by atoms with van der Waals surface area (Å²) in [5.74, 6) is 1.88. The molecule has 250 valence electrons. The zero-order chi connectivity index (χ0) is 32.9. The van der Waals surface area contributed by atoms with Crippen molar-refractivity contribution in [3.8, 4) is 28.4 Å². The lowest BCUT2D eigenvalue weighted by atomic mass is 9.89. The van der Waals surface area contributed by atoms with Gasteiger partial charge in [-0.3, -0.25) is 9.45 Å². The molecule has 10 heteroatoms. The summed E-state index contributed by atoms with van der Waals surface area (Å²) in [7, 11) is -3.97. The van der Waals surface area contributed by atoms with Crippen molar-refractivity contribution in [2.75, 3.05) is 38.6 Å². The third kappa shape index (κ3) is 8.36. The third-order valence-electron chi connectivity index (χ3n) is 9.22. The highest BCUT2D eigenvalue weighted by Crippen LogP contribution is 2.44. The van der Waals surface area contributed by atoms with E-state index in [0.717, 1.165) is 42.7 Å². The molecule has 5 rings (SSSR count). The van der Waals surface area contributed by atoms with E-state index < -0.39 is 10.1 Å². The van der Waals surface area contributed by atoms with Crippen molar-refractivity contribution in [3.05, 3.63) is 75.8 Å². The Hall–Kier alpha value is -2.82. The number of hydrogen-bond acceptors (Lipinski definition) is 7. The van der Waals surface area contributed by atoms with Gasteiger partial charge < -0.3 is 19.5 Å². The van der Waals surface area contributed by atoms with Crippen molar-refractivity contribution in [2.45, 2.75) is 78.0 Å². The summed E-state index contributed by atoms with van der Waals surface area (Å²) in [6.07, 6.45) is 4.17. The number of ether oxygens (including phenoxy) is 3. The summed E-state index contributed by atoms with van der Waals surface area (Å²) in [4.78, 5) is 2.53. The minimum absolute atomic E-state index is 0.142. The van der Waals surface area contributed by atoms with Gasteiger partial charge in [-0.15, -0.1) is 0 Å². The molecule has 1 fully saturated rings. The maximum atomic E-state index is 11.0. The van der Waals surface area contributed by atoms with Gasteiger partial charge in [0, 0.05) is 36.8 Å². The summed E-state index contributed by atoms with van der Waals surface area (Å²) < 4.78 is 49.7. The number of likely N-dealkylation sites (tertiary alicyclic amines) is 1. The number of nitrogens with zero attached hydrogens (tertiary/aromatic N) is 1. The van der Waals surface area contributed by atoms with Crippen LogP contribution in [0.15, 0.2) is 48.5 Å². The molecule has 1 atom stereocenters. The summed E-state index contributed by atoms with van der Waals surface area (Å²) in [5, 5.41) is 3.68. The smallest absolute Gasteiger partial charge is 0.264 e. The fourth-order valence-corrected chi connectivity index (χ4v) is 7.21. The molecule has 3 aromatic carbocycles. The third-order valence-corrected chi connectivity index (χ3v) is 10.3. The molecule has 1 aliphatic carbocycles. The van der Waals surface area contributed by atoms with E-state index in [4.69, 9.17) is 30.4 Å². The molecule has 0 radical (unpaired) electrons. The van der Waals surface area contributed by atoms with Crippen LogP contribution in [-0.2, 0) is 23.1 Å². The molecular formula is C36H47ClN2O6S. The van der Waals surface area contributed by atoms with Crippen LogP contribution in [0.25, 0.3) is 11.1 Å². The Morgan fingerprint density at radius 1 is 1.04 bits per heavy atom. The molecule has 46 heavy (non-hydrogen) atoms. The van der Waals surface area contributed by atoms with E-state index in [1.165, 1.54) is 35.2 Å². The Kier molecular flexibility index (Phi) is 11.2. The van der Waals surface area contributed by atoms with Gasteiger partial charge in [0.05, 0.1) is 24.0 Å². The van der Waals surface area contributed by atoms with Crippen LogP contribution in [0.3, 0.4) is 0 Å². The molecule has 2 aliphatic rings. The molecule has 0 spiro atoms. The molecule has 0 bridgehead atoms. The lowest BCUT2D eigenvalue weighted by Crippen LogP contribution is -2.55. The van der Waals surface area contributed by atoms with Crippen molar-refractivity contribution >= 4 is 21.7 Å². The summed E-state index contributed by atoms with van der Waals surface area (Å²) in [5.41, 5.74) is 7.17. The fraction of sp³-hybridized carbons (Fsp3) is 0.500. The Bertz CT molecular complexity index is 1630. The maximum Gasteiger partial charge on any atom is 0.264 e. The van der Waals surface area contributed by atoms with Crippen LogP contribution in [-0.4, -0.2) is 62.0 Å². The van der Waals surface area contributed by atoms with Gasteiger partial charge in [-0.05, 0) is 106 Å². The largest absolute Gasteiger partial charge is 0.493 e. The minimum atomic E-state index is -3.97. The van der Waals surface area contributed by atoms with Crippen LogP contribution < -0.4 is 19.5 Å². The number of halogens is 1. The second kappa shape index (κ2) is 14.9. The topological polar surface area (TPSA) is 97.3 Å². The number of nitrogens with one attached hydrogen (secondary N) is 1. The first-order chi connectivity index (χ1) is 22.0. The zero-order valence-electron chi connectivity index (χ0n) is 27.4. The molecule has 1 saturated heterocycles. The number of hydrogen-bond donors (Lipinski definition) is 2. The molecule has 3 aromatic rings. The average Bonchev–Trinajstić information content (AvgIpc) is 3.41. The van der Waals surface area contributed by atoms with Crippen molar-refractivity contribution in [2.24, 2.45) is 0 Å². The summed E-state index contributed by atoms with van der Waals surface area (Å²) >= 11 is 6.73. The first-order valence-corrected chi connectivity index (χ1v) is 18.3. The van der Waals surface area contributed by atoms with Crippen LogP contribution in [0.4, 0.5) is 0 Å². The Balaban J connectivity index is 1.26. The lowest BCUT2D eigenvalue weighted by Gasteiger charge is -2.48. The minimum Gasteiger partial charge on any atom is -0.493 e. The van der Waals surface area contributed by atoms with Gasteiger partial charge in [-0.2, -0.15) is 8.42 Å². The molecule has 2 N–H and O–H groups in total. The van der Waals surface area contributed by atoms with Crippen LogP contribution in [0.1, 0.15) is 74.8 Å². The predicted molar refractivity (Wildman–Crippen MR) is 184 cm³/mol. The summed E-state index contributed by atoms with van der Waals surface area (Å²) in [6.45, 7) is 13.0. The van der Waals surface area contributed by atoms with Gasteiger partial charge in [-0.25, -0.2) is 0 Å². The van der Waals surface area contributed by atoms with Crippen LogP contribution in [0.5, 0.6) is 17.2 Å². The molecule has 0 saturated carbocycles. The van der Waals surface area contributed by atoms with Crippen LogP contribution in [0.2, 0.25) is 5.02 Å². The molecule has 1 aliphatic heterocycles. The standard InChI is InChI=1S/C36H47ClN2O6S/c1-5-43-34-23-35(31(37)22-26(34)24-38-17-8-21-46(40,41)42)45-33-15-14-29-28(11-6-12-30(29)33)27-10-7-13-32(25(27)2)44-20-9-18-39-19-16-36(39,3)4/h6-7,10-13,22-23,33,38H,5,8-9,14-21,24H2,1-4H3,(H,40,41,42)/t33-/m0/s1. The van der Waals surface area contributed by atoms with Crippen molar-refractivity contribution < 1.29 is 27.2 Å². The quantitative estimate of drug-likeness (QED) is 0.120. The van der Waals surface area contributed by atoms with Gasteiger partial charge in [0.1, 0.15) is 23.4 Å². The first kappa shape index (κ1) is 34.5. The molecule has 0 amide bonds. The molecule has 8 nitrogen and oxygen atoms in total. The van der Waals surface area contributed by atoms with Crippen molar-refractivity contribution in [3.63, 3.8) is 0 Å². The van der Waals surface area contributed by atoms with E-state index in [1.54, 1.807) is 0 Å². The Labute approximate surface area is 279 Å². The fourth-order valence-electron chi connectivity index (χ4n) is 6.47. The predicted octanol–water partition coefficient (Wildman–Crippen LogP) is 7.40. The van der Waals surface area contributed by atoms with Gasteiger partial charge in [0.25, 0.3) is 10.1 Å². The van der Waals surface area contributed by atoms with Gasteiger partial charge in [0.15, 0.2) is 0 Å². The van der Waals surface area contributed by atoms with E-state index in [2.05, 4.69) is 67.4 Å². The monoisotopic (exact) mass is 670 g/mol. The van der Waals surface area contributed by atoms with Gasteiger partial charge >= 0.3 is 0 Å². The zero-order valence-corrected chi connectivity index (χ0v) is 29.0. The van der Waals surface area contributed by atoms with E-state index in [0.29, 0.717) is 54.8 Å². The highest BCUT2D eigenvalue weighted by atomic mass is 35.5. The molecule has 0 unspecified atom stereocenters. The van der Waals surface area contributed by atoms with E-state index >= 15 is 0 Å². The number of fused-ring (bicyclic) bond motifs is 1. The maximum absolute atomic E-state index is 11.0. The van der Waals surface area contributed by atoms with Crippen LogP contribution in [0, 0.1) is 6.92 Å². The van der Waals surface area contributed by atoms with Crippen molar-refractivity contribution in [1.29, 1.82) is 0 Å². The van der Waals surface area contributed by atoms with E-state index in [1.807, 2.05) is 19.1 Å². The van der Waals surface area contributed by atoms with E-state index in [-0.39, 0.29) is 11.9 Å². The molecule has 0 aromatic heterocycles. The van der Waals surface area contributed by atoms with Crippen LogP contribution >= 0.6 is 11.6 Å². The van der Waals surface area contributed by atoms with Gasteiger partial charge in [0.2, 0.25) is 0 Å². The number of benzene rings is 3. The van der Waals surface area contributed by atoms with Crippen molar-refractivity contribution in [1.82, 2.24) is 10.2 Å². The molecular weight excluding hydrogens is 624 g/mol. The first-order valence-electron chi connectivity index (χ1n) is 16.3. The summed E-state index contributed by atoms with van der Waals surface area (Å²) in [6, 6.07) is 16.4. The Morgan fingerprint density at radius 3 is 2.54 bits per heavy atom. The highest BCUT2D eigenvalue weighted by Gasteiger charge is 2.34. The van der Waals surface area contributed by atoms with Gasteiger partial charge in [-0.1, -0.05) is 41.9 Å². The average molecular weight is 671 g/mol. The lowest BCUT2D eigenvalue weighted by molar-refractivity contribution is 0.0123. The highest BCUT2D eigenvalue weighted by molar-refractivity contribution is 7.85. The number of rotatable bonds is 16.